The van der Waals surface area contributed by atoms with Crippen LogP contribution in [0.25, 0.3) is 0 Å². The highest BCUT2D eigenvalue weighted by molar-refractivity contribution is 7.89. The molecular weight excluding hydrogens is 338 g/mol. The van der Waals surface area contributed by atoms with E-state index in [1.54, 1.807) is 18.2 Å². The van der Waals surface area contributed by atoms with Crippen molar-refractivity contribution < 1.29 is 17.9 Å². The molecule has 2 aliphatic heterocycles. The molecule has 0 radical (unpaired) electrons. The Morgan fingerprint density at radius 2 is 1.96 bits per heavy atom. The Kier molecular flexibility index (Phi) is 4.17. The molecule has 2 aromatic carbocycles. The third kappa shape index (κ3) is 3.12. The molecule has 0 saturated carbocycles. The lowest BCUT2D eigenvalue weighted by Gasteiger charge is -2.13. The average molecular weight is 359 g/mol. The van der Waals surface area contributed by atoms with Crippen molar-refractivity contribution in [3.8, 4) is 11.5 Å². The highest BCUT2D eigenvalue weighted by Gasteiger charge is 2.26. The molecule has 0 amide bonds. The quantitative estimate of drug-likeness (QED) is 0.890. The van der Waals surface area contributed by atoms with Gasteiger partial charge in [-0.1, -0.05) is 12.1 Å². The molecule has 0 atom stereocenters. The van der Waals surface area contributed by atoms with Crippen LogP contribution in [0.1, 0.15) is 22.3 Å². The number of fused-ring (bicyclic) bond motifs is 2. The van der Waals surface area contributed by atoms with Crippen LogP contribution in [0.3, 0.4) is 0 Å². The van der Waals surface area contributed by atoms with Gasteiger partial charge in [0.15, 0.2) is 0 Å². The Balaban J connectivity index is 1.53. The predicted molar refractivity (Wildman–Crippen MR) is 94.9 cm³/mol. The molecule has 0 unspecified atom stereocenters. The van der Waals surface area contributed by atoms with Crippen molar-refractivity contribution in [1.82, 2.24) is 4.72 Å². The summed E-state index contributed by atoms with van der Waals surface area (Å²) < 4.78 is 39.2. The fourth-order valence-corrected chi connectivity index (χ4v) is 4.66. The summed E-state index contributed by atoms with van der Waals surface area (Å²) in [6.45, 7) is 3.58. The molecule has 1 N–H and O–H groups in total. The zero-order chi connectivity index (χ0) is 17.4. The van der Waals surface area contributed by atoms with Crippen molar-refractivity contribution in [3.05, 3.63) is 52.6 Å². The Labute approximate surface area is 148 Å². The molecule has 2 aromatic rings. The topological polar surface area (TPSA) is 64.6 Å². The zero-order valence-electron chi connectivity index (χ0n) is 14.2. The first-order valence-corrected chi connectivity index (χ1v) is 10.0. The van der Waals surface area contributed by atoms with E-state index >= 15 is 0 Å². The zero-order valence-corrected chi connectivity index (χ0v) is 15.0. The second-order valence-corrected chi connectivity index (χ2v) is 8.25. The average Bonchev–Trinajstić information content (AvgIpc) is 3.23. The maximum Gasteiger partial charge on any atom is 0.240 e. The third-order valence-corrected chi connectivity index (χ3v) is 6.19. The van der Waals surface area contributed by atoms with E-state index < -0.39 is 10.0 Å². The standard InChI is InChI=1S/C19H21NO4S/c1-13-3-2-4-15(11-13)25(21,22)20-8-5-17-16-7-10-23-18(16)12-14-6-9-24-19(14)17/h2-4,11-12,20H,5-10H2,1H3. The van der Waals surface area contributed by atoms with E-state index in [1.807, 2.05) is 13.0 Å². The van der Waals surface area contributed by atoms with Crippen LogP contribution in [-0.2, 0) is 29.3 Å². The molecule has 4 rings (SSSR count). The van der Waals surface area contributed by atoms with Gasteiger partial charge in [-0.25, -0.2) is 13.1 Å². The van der Waals surface area contributed by atoms with E-state index in [-0.39, 0.29) is 0 Å². The molecule has 2 aliphatic rings. The van der Waals surface area contributed by atoms with Crippen LogP contribution < -0.4 is 14.2 Å². The van der Waals surface area contributed by atoms with Crippen molar-refractivity contribution in [2.45, 2.75) is 31.1 Å². The van der Waals surface area contributed by atoms with Crippen LogP contribution in [0.5, 0.6) is 11.5 Å². The third-order valence-electron chi connectivity index (χ3n) is 4.73. The van der Waals surface area contributed by atoms with E-state index in [0.29, 0.717) is 31.1 Å². The molecule has 5 nitrogen and oxygen atoms in total. The van der Waals surface area contributed by atoms with Crippen molar-refractivity contribution in [2.24, 2.45) is 0 Å². The van der Waals surface area contributed by atoms with Gasteiger partial charge in [0.05, 0.1) is 18.1 Å². The maximum absolute atomic E-state index is 12.5. The molecule has 132 valence electrons. The minimum atomic E-state index is -3.50. The van der Waals surface area contributed by atoms with Crippen molar-refractivity contribution >= 4 is 10.0 Å². The molecule has 6 heteroatoms. The Hall–Kier alpha value is -2.05. The van der Waals surface area contributed by atoms with E-state index in [4.69, 9.17) is 9.47 Å². The SMILES string of the molecule is Cc1cccc(S(=O)(=O)NCCc2c3c(cc4c2OCC4)OCC3)c1. The molecule has 0 bridgehead atoms. The summed E-state index contributed by atoms with van der Waals surface area (Å²) in [7, 11) is -3.50. The molecule has 2 heterocycles. The van der Waals surface area contributed by atoms with Crippen molar-refractivity contribution in [3.63, 3.8) is 0 Å². The van der Waals surface area contributed by atoms with Gasteiger partial charge in [-0.05, 0) is 37.1 Å². The summed E-state index contributed by atoms with van der Waals surface area (Å²) in [6.07, 6.45) is 2.33. The lowest BCUT2D eigenvalue weighted by molar-refractivity contribution is 0.353. The molecule has 0 aromatic heterocycles. The van der Waals surface area contributed by atoms with Gasteiger partial charge in [-0.15, -0.1) is 0 Å². The lowest BCUT2D eigenvalue weighted by Crippen LogP contribution is -2.26. The van der Waals surface area contributed by atoms with Gasteiger partial charge >= 0.3 is 0 Å². The van der Waals surface area contributed by atoms with Gasteiger partial charge in [0, 0.05) is 36.1 Å². The number of nitrogens with one attached hydrogen (secondary N) is 1. The van der Waals surface area contributed by atoms with Crippen LogP contribution in [0.15, 0.2) is 35.2 Å². The minimum Gasteiger partial charge on any atom is -0.493 e. The Morgan fingerprint density at radius 1 is 1.12 bits per heavy atom. The molecule has 0 saturated heterocycles. The maximum atomic E-state index is 12.5. The number of rotatable bonds is 5. The predicted octanol–water partition coefficient (Wildman–Crippen LogP) is 2.39. The fraction of sp³-hybridized carbons (Fsp3) is 0.368. The summed E-state index contributed by atoms with van der Waals surface area (Å²) in [4.78, 5) is 0.301. The van der Waals surface area contributed by atoms with Gasteiger partial charge in [0.25, 0.3) is 0 Å². The van der Waals surface area contributed by atoms with E-state index in [0.717, 1.165) is 46.6 Å². The molecule has 0 aliphatic carbocycles. The summed E-state index contributed by atoms with van der Waals surface area (Å²) in [5, 5.41) is 0. The largest absolute Gasteiger partial charge is 0.493 e. The van der Waals surface area contributed by atoms with Gasteiger partial charge in [-0.3, -0.25) is 0 Å². The van der Waals surface area contributed by atoms with Crippen LogP contribution in [0, 0.1) is 6.92 Å². The molecule has 0 spiro atoms. The van der Waals surface area contributed by atoms with E-state index in [1.165, 1.54) is 0 Å². The van der Waals surface area contributed by atoms with Gasteiger partial charge in [-0.2, -0.15) is 0 Å². The van der Waals surface area contributed by atoms with Crippen molar-refractivity contribution in [1.29, 1.82) is 0 Å². The number of sulfonamides is 1. The van der Waals surface area contributed by atoms with Crippen LogP contribution in [-0.4, -0.2) is 28.2 Å². The fourth-order valence-electron chi connectivity index (χ4n) is 3.53. The van der Waals surface area contributed by atoms with E-state index in [2.05, 4.69) is 10.8 Å². The number of hydrogen-bond donors (Lipinski definition) is 1. The number of aryl methyl sites for hydroxylation is 1. The second-order valence-electron chi connectivity index (χ2n) is 6.48. The smallest absolute Gasteiger partial charge is 0.240 e. The number of hydrogen-bond acceptors (Lipinski definition) is 4. The first-order chi connectivity index (χ1) is 12.0. The second kappa shape index (κ2) is 6.35. The highest BCUT2D eigenvalue weighted by Crippen LogP contribution is 2.40. The van der Waals surface area contributed by atoms with Gasteiger partial charge in [0.1, 0.15) is 11.5 Å². The lowest BCUT2D eigenvalue weighted by atomic mass is 9.97. The van der Waals surface area contributed by atoms with Crippen LogP contribution in [0.2, 0.25) is 0 Å². The Bertz CT molecular complexity index is 889. The summed E-state index contributed by atoms with van der Waals surface area (Å²) in [5.74, 6) is 1.86. The minimum absolute atomic E-state index is 0.301. The molecule has 25 heavy (non-hydrogen) atoms. The number of benzene rings is 2. The van der Waals surface area contributed by atoms with Crippen molar-refractivity contribution in [2.75, 3.05) is 19.8 Å². The Morgan fingerprint density at radius 3 is 2.80 bits per heavy atom. The first kappa shape index (κ1) is 16.4. The first-order valence-electron chi connectivity index (χ1n) is 8.54. The number of ether oxygens (including phenoxy) is 2. The summed E-state index contributed by atoms with van der Waals surface area (Å²) in [6, 6.07) is 9.01. The van der Waals surface area contributed by atoms with E-state index in [9.17, 15) is 8.42 Å². The van der Waals surface area contributed by atoms with Crippen LogP contribution in [0.4, 0.5) is 0 Å². The monoisotopic (exact) mass is 359 g/mol. The van der Waals surface area contributed by atoms with Gasteiger partial charge < -0.3 is 9.47 Å². The molecule has 0 fully saturated rings. The normalized spacial score (nSPS) is 15.4. The molecular formula is C19H21NO4S. The summed E-state index contributed by atoms with van der Waals surface area (Å²) >= 11 is 0. The van der Waals surface area contributed by atoms with Gasteiger partial charge in [0.2, 0.25) is 10.0 Å². The summed E-state index contributed by atoms with van der Waals surface area (Å²) in [5.41, 5.74) is 4.34. The van der Waals surface area contributed by atoms with Crippen LogP contribution >= 0.6 is 0 Å². The highest BCUT2D eigenvalue weighted by atomic mass is 32.2.